The summed E-state index contributed by atoms with van der Waals surface area (Å²) in [4.78, 5) is 16.9. The number of rotatable bonds is 6. The highest BCUT2D eigenvalue weighted by atomic mass is 16.5. The highest BCUT2D eigenvalue weighted by Gasteiger charge is 2.33. The van der Waals surface area contributed by atoms with Crippen LogP contribution in [0.15, 0.2) is 79.1 Å². The monoisotopic (exact) mass is 485 g/mol. The molecule has 1 aliphatic rings. The number of urea groups is 1. The number of hydrogen-bond acceptors (Lipinski definition) is 6. The van der Waals surface area contributed by atoms with E-state index in [2.05, 4.69) is 22.5 Å². The van der Waals surface area contributed by atoms with Crippen LogP contribution in [0.25, 0.3) is 5.69 Å². The minimum Gasteiger partial charge on any atom is -0.508 e. The van der Waals surface area contributed by atoms with Crippen LogP contribution in [0, 0.1) is 0 Å². The van der Waals surface area contributed by atoms with Gasteiger partial charge in [-0.25, -0.2) is 9.48 Å². The minimum atomic E-state index is -0.401. The molecule has 1 saturated heterocycles. The first-order valence-electron chi connectivity index (χ1n) is 11.7. The van der Waals surface area contributed by atoms with E-state index in [0.717, 1.165) is 24.2 Å². The molecule has 2 aromatic carbocycles. The summed E-state index contributed by atoms with van der Waals surface area (Å²) in [5.74, 6) is 2.01. The first kappa shape index (κ1) is 23.4. The number of carbonyl (C=O) groups is 1. The second-order valence-electron chi connectivity index (χ2n) is 8.90. The third kappa shape index (κ3) is 5.31. The Kier molecular flexibility index (Phi) is 6.55. The van der Waals surface area contributed by atoms with Crippen LogP contribution in [-0.2, 0) is 10.2 Å². The van der Waals surface area contributed by atoms with Gasteiger partial charge in [-0.1, -0.05) is 6.92 Å². The van der Waals surface area contributed by atoms with Gasteiger partial charge >= 0.3 is 6.03 Å². The number of benzene rings is 2. The number of ether oxygens (including phenoxy) is 2. The lowest BCUT2D eigenvalue weighted by molar-refractivity contribution is 0.0549. The maximum absolute atomic E-state index is 12.9. The molecule has 0 bridgehead atoms. The summed E-state index contributed by atoms with van der Waals surface area (Å²) in [6.07, 6.45) is 5.01. The largest absolute Gasteiger partial charge is 0.508 e. The molecule has 0 aliphatic carbocycles. The van der Waals surface area contributed by atoms with Gasteiger partial charge in [-0.15, -0.1) is 0 Å². The van der Waals surface area contributed by atoms with Crippen molar-refractivity contribution in [2.24, 2.45) is 0 Å². The first-order valence-corrected chi connectivity index (χ1v) is 11.7. The smallest absolute Gasteiger partial charge is 0.324 e. The molecule has 0 spiro atoms. The summed E-state index contributed by atoms with van der Waals surface area (Å²) in [5.41, 5.74) is 2.06. The summed E-state index contributed by atoms with van der Waals surface area (Å²) in [7, 11) is 0. The van der Waals surface area contributed by atoms with Gasteiger partial charge in [-0.3, -0.25) is 10.3 Å². The van der Waals surface area contributed by atoms with Crippen molar-refractivity contribution in [2.45, 2.75) is 25.2 Å². The van der Waals surface area contributed by atoms with Crippen molar-refractivity contribution in [3.05, 3.63) is 84.8 Å². The first-order chi connectivity index (χ1) is 17.5. The third-order valence-corrected chi connectivity index (χ3v) is 6.26. The average Bonchev–Trinajstić information content (AvgIpc) is 3.31. The molecule has 2 aromatic heterocycles. The summed E-state index contributed by atoms with van der Waals surface area (Å²) in [5, 5.41) is 20.3. The van der Waals surface area contributed by atoms with E-state index in [4.69, 9.17) is 14.6 Å². The molecule has 2 amide bonds. The molecule has 9 heteroatoms. The average molecular weight is 486 g/mol. The van der Waals surface area contributed by atoms with E-state index in [9.17, 15) is 9.90 Å². The van der Waals surface area contributed by atoms with E-state index in [0.29, 0.717) is 36.2 Å². The van der Waals surface area contributed by atoms with Crippen molar-refractivity contribution >= 4 is 17.5 Å². The summed E-state index contributed by atoms with van der Waals surface area (Å²) >= 11 is 0. The molecule has 3 heterocycles. The zero-order valence-corrected chi connectivity index (χ0v) is 19.8. The Morgan fingerprint density at radius 2 is 1.64 bits per heavy atom. The number of nitrogens with one attached hydrogen (secondary N) is 2. The van der Waals surface area contributed by atoms with Crippen molar-refractivity contribution in [2.75, 3.05) is 23.8 Å². The zero-order chi connectivity index (χ0) is 25.0. The Labute approximate surface area is 208 Å². The fourth-order valence-corrected chi connectivity index (χ4v) is 4.06. The highest BCUT2D eigenvalue weighted by Crippen LogP contribution is 2.35. The fraction of sp³-hybridized carbons (Fsp3) is 0.222. The number of nitrogens with zero attached hydrogens (tertiary/aromatic N) is 3. The number of phenolic OH excluding ortho intramolecular Hbond substituents is 1. The molecule has 0 unspecified atom stereocenters. The Bertz CT molecular complexity index is 1310. The Morgan fingerprint density at radius 1 is 0.972 bits per heavy atom. The maximum atomic E-state index is 12.9. The number of carbonyl (C=O) groups excluding carboxylic acids is 1. The third-order valence-electron chi connectivity index (χ3n) is 6.26. The predicted octanol–water partition coefficient (Wildman–Crippen LogP) is 5.48. The quantitative estimate of drug-likeness (QED) is 0.334. The number of amides is 2. The van der Waals surface area contributed by atoms with Gasteiger partial charge in [0.15, 0.2) is 0 Å². The van der Waals surface area contributed by atoms with Gasteiger partial charge < -0.3 is 19.9 Å². The molecule has 0 radical (unpaired) electrons. The lowest BCUT2D eigenvalue weighted by atomic mass is 9.79. The van der Waals surface area contributed by atoms with E-state index in [1.165, 1.54) is 0 Å². The molecule has 3 N–H and O–H groups in total. The summed E-state index contributed by atoms with van der Waals surface area (Å²) in [6.45, 7) is 3.51. The van der Waals surface area contributed by atoms with E-state index in [1.807, 2.05) is 6.07 Å². The maximum Gasteiger partial charge on any atom is 0.324 e. The van der Waals surface area contributed by atoms with Gasteiger partial charge in [0.05, 0.1) is 11.4 Å². The van der Waals surface area contributed by atoms with Crippen molar-refractivity contribution in [3.63, 3.8) is 0 Å². The number of anilines is 2. The lowest BCUT2D eigenvalue weighted by Crippen LogP contribution is -2.31. The molecule has 9 nitrogen and oxygen atoms in total. The van der Waals surface area contributed by atoms with Crippen molar-refractivity contribution in [1.82, 2.24) is 14.8 Å². The number of phenols is 1. The predicted molar refractivity (Wildman–Crippen MR) is 136 cm³/mol. The standard InChI is InChI=1S/C27H27N5O4/c1-27(12-16-35-17-13-27)24-18-25(32(31-24)20-4-6-21(33)7-5-20)30-26(34)29-19-2-8-22(9-3-19)36-23-10-14-28-15-11-23/h2-11,14-15,18,33H,12-13,16-17H2,1H3,(H2,29,30,34). The van der Waals surface area contributed by atoms with E-state index in [1.54, 1.807) is 77.7 Å². The number of pyridine rings is 1. The fourth-order valence-electron chi connectivity index (χ4n) is 4.06. The van der Waals surface area contributed by atoms with Crippen LogP contribution in [-0.4, -0.2) is 39.1 Å². The summed E-state index contributed by atoms with van der Waals surface area (Å²) < 4.78 is 13.0. The molecule has 0 atom stereocenters. The molecule has 0 saturated carbocycles. The molecular weight excluding hydrogens is 458 g/mol. The van der Waals surface area contributed by atoms with Crippen LogP contribution < -0.4 is 15.4 Å². The Hall–Kier alpha value is -4.37. The van der Waals surface area contributed by atoms with Gasteiger partial charge in [-0.2, -0.15) is 5.10 Å². The van der Waals surface area contributed by atoms with Crippen LogP contribution in [0.3, 0.4) is 0 Å². The van der Waals surface area contributed by atoms with Crippen molar-refractivity contribution in [3.8, 4) is 22.9 Å². The van der Waals surface area contributed by atoms with E-state index < -0.39 is 6.03 Å². The van der Waals surface area contributed by atoms with Gasteiger partial charge in [0, 0.05) is 42.8 Å². The van der Waals surface area contributed by atoms with Crippen LogP contribution in [0.1, 0.15) is 25.5 Å². The van der Waals surface area contributed by atoms with E-state index >= 15 is 0 Å². The second kappa shape index (κ2) is 10.1. The molecule has 1 fully saturated rings. The Morgan fingerprint density at radius 3 is 2.33 bits per heavy atom. The van der Waals surface area contributed by atoms with Gasteiger partial charge in [-0.05, 0) is 73.5 Å². The Balaban J connectivity index is 1.33. The lowest BCUT2D eigenvalue weighted by Gasteiger charge is -2.31. The van der Waals surface area contributed by atoms with Crippen molar-refractivity contribution in [1.29, 1.82) is 0 Å². The number of aromatic nitrogens is 3. The topological polar surface area (TPSA) is 111 Å². The van der Waals surface area contributed by atoms with Crippen LogP contribution in [0.5, 0.6) is 17.2 Å². The number of aromatic hydroxyl groups is 1. The van der Waals surface area contributed by atoms with Gasteiger partial charge in [0.2, 0.25) is 0 Å². The molecule has 36 heavy (non-hydrogen) atoms. The van der Waals surface area contributed by atoms with Crippen LogP contribution in [0.4, 0.5) is 16.3 Å². The minimum absolute atomic E-state index is 0.155. The SMILES string of the molecule is CC1(c2cc(NC(=O)Nc3ccc(Oc4ccncc4)cc3)n(-c3ccc(O)cc3)n2)CCOCC1. The molecule has 4 aromatic rings. The molecule has 184 valence electrons. The number of hydrogen-bond donors (Lipinski definition) is 3. The molecular formula is C27H27N5O4. The normalized spacial score (nSPS) is 14.7. The van der Waals surface area contributed by atoms with Crippen LogP contribution in [0.2, 0.25) is 0 Å². The molecule has 5 rings (SSSR count). The zero-order valence-electron chi connectivity index (χ0n) is 19.8. The van der Waals surface area contributed by atoms with Crippen LogP contribution >= 0.6 is 0 Å². The van der Waals surface area contributed by atoms with Gasteiger partial charge in [0.1, 0.15) is 23.1 Å². The van der Waals surface area contributed by atoms with Crippen molar-refractivity contribution < 1.29 is 19.4 Å². The second-order valence-corrected chi connectivity index (χ2v) is 8.90. The summed E-state index contributed by atoms with van der Waals surface area (Å²) in [6, 6.07) is 18.8. The van der Waals surface area contributed by atoms with E-state index in [-0.39, 0.29) is 11.2 Å². The van der Waals surface area contributed by atoms with Gasteiger partial charge in [0.25, 0.3) is 0 Å². The molecule has 1 aliphatic heterocycles. The highest BCUT2D eigenvalue weighted by molar-refractivity contribution is 5.99.